The van der Waals surface area contributed by atoms with Crippen LogP contribution < -0.4 is 5.32 Å². The van der Waals surface area contributed by atoms with Gasteiger partial charge in [-0.2, -0.15) is 13.2 Å². The number of benzene rings is 2. The molecule has 0 aromatic heterocycles. The number of halogens is 5. The van der Waals surface area contributed by atoms with Crippen molar-refractivity contribution in [3.63, 3.8) is 0 Å². The lowest BCUT2D eigenvalue weighted by molar-refractivity contribution is -0.137. The number of nitrogens with zero attached hydrogens (tertiary/aromatic N) is 1. The molecule has 2 N–H and O–H groups in total. The first kappa shape index (κ1) is 22.7. The van der Waals surface area contributed by atoms with Crippen molar-refractivity contribution in [2.24, 2.45) is 5.92 Å². The average molecular weight is 442 g/mol. The second-order valence-electron chi connectivity index (χ2n) is 7.30. The maximum absolute atomic E-state index is 13.7. The minimum Gasteiger partial charge on any atom is -0.386 e. The van der Waals surface area contributed by atoms with Crippen LogP contribution in [0.5, 0.6) is 0 Å². The van der Waals surface area contributed by atoms with Gasteiger partial charge in [0.1, 0.15) is 11.6 Å². The molecule has 0 radical (unpaired) electrons. The minimum atomic E-state index is -4.50. The Morgan fingerprint density at radius 2 is 1.94 bits per heavy atom. The third-order valence-corrected chi connectivity index (χ3v) is 5.00. The number of aliphatic hydroxyl groups excluding tert-OH is 1. The van der Waals surface area contributed by atoms with Gasteiger partial charge in [0.2, 0.25) is 11.8 Å². The Kier molecular flexibility index (Phi) is 6.59. The molecule has 0 saturated carbocycles. The van der Waals surface area contributed by atoms with Gasteiger partial charge < -0.3 is 15.3 Å². The van der Waals surface area contributed by atoms with Crippen LogP contribution in [-0.2, 0) is 22.3 Å². The molecular weight excluding hydrogens is 423 g/mol. The van der Waals surface area contributed by atoms with Crippen LogP contribution in [0.25, 0.3) is 0 Å². The summed E-state index contributed by atoms with van der Waals surface area (Å²) in [6.07, 6.45) is -6.05. The van der Waals surface area contributed by atoms with E-state index < -0.39 is 41.3 Å². The highest BCUT2D eigenvalue weighted by Crippen LogP contribution is 2.30. The SMILES string of the molecule is O=C(NCC(O)c1ccc(F)cc1F)C1CC(=O)N(Cc2cccc(C(F)(F)F)c2)C1. The smallest absolute Gasteiger partial charge is 0.386 e. The molecule has 166 valence electrons. The minimum absolute atomic E-state index is 0.00190. The van der Waals surface area contributed by atoms with E-state index in [2.05, 4.69) is 5.32 Å². The van der Waals surface area contributed by atoms with Crippen LogP contribution in [0.1, 0.15) is 29.2 Å². The molecule has 2 atom stereocenters. The van der Waals surface area contributed by atoms with Gasteiger partial charge in [-0.15, -0.1) is 0 Å². The molecule has 10 heteroatoms. The van der Waals surface area contributed by atoms with Crippen LogP contribution >= 0.6 is 0 Å². The zero-order valence-corrected chi connectivity index (χ0v) is 16.1. The molecule has 1 fully saturated rings. The summed E-state index contributed by atoms with van der Waals surface area (Å²) >= 11 is 0. The third-order valence-electron chi connectivity index (χ3n) is 5.00. The molecule has 2 aromatic carbocycles. The predicted octanol–water partition coefficient (Wildman–Crippen LogP) is 3.18. The van der Waals surface area contributed by atoms with E-state index in [1.165, 1.54) is 17.0 Å². The lowest BCUT2D eigenvalue weighted by atomic mass is 10.1. The Hall–Kier alpha value is -3.01. The van der Waals surface area contributed by atoms with E-state index in [0.29, 0.717) is 6.07 Å². The molecule has 1 heterocycles. The lowest BCUT2D eigenvalue weighted by Gasteiger charge is -2.18. The van der Waals surface area contributed by atoms with Gasteiger partial charge in [-0.1, -0.05) is 18.2 Å². The van der Waals surface area contributed by atoms with Gasteiger partial charge in [0.15, 0.2) is 0 Å². The van der Waals surface area contributed by atoms with Crippen molar-refractivity contribution < 1.29 is 36.6 Å². The van der Waals surface area contributed by atoms with Gasteiger partial charge in [-0.25, -0.2) is 8.78 Å². The Bertz CT molecular complexity index is 980. The third kappa shape index (κ3) is 5.57. The summed E-state index contributed by atoms with van der Waals surface area (Å²) in [4.78, 5) is 25.8. The normalized spacial score (nSPS) is 17.7. The van der Waals surface area contributed by atoms with E-state index in [1.54, 1.807) is 0 Å². The van der Waals surface area contributed by atoms with Gasteiger partial charge in [0.25, 0.3) is 0 Å². The number of hydrogen-bond donors (Lipinski definition) is 2. The first-order chi connectivity index (χ1) is 14.5. The topological polar surface area (TPSA) is 69.6 Å². The Balaban J connectivity index is 1.56. The van der Waals surface area contributed by atoms with Crippen LogP contribution in [0.3, 0.4) is 0 Å². The van der Waals surface area contributed by atoms with Crippen molar-refractivity contribution in [1.82, 2.24) is 10.2 Å². The number of alkyl halides is 3. The predicted molar refractivity (Wildman–Crippen MR) is 99.3 cm³/mol. The Morgan fingerprint density at radius 3 is 2.61 bits per heavy atom. The number of nitrogens with one attached hydrogen (secondary N) is 1. The molecule has 31 heavy (non-hydrogen) atoms. The van der Waals surface area contributed by atoms with Crippen LogP contribution in [0.2, 0.25) is 0 Å². The van der Waals surface area contributed by atoms with Crippen molar-refractivity contribution in [1.29, 1.82) is 0 Å². The summed E-state index contributed by atoms with van der Waals surface area (Å²) in [6, 6.07) is 7.25. The number of aliphatic hydroxyl groups is 1. The average Bonchev–Trinajstić information content (AvgIpc) is 3.06. The fraction of sp³-hybridized carbons (Fsp3) is 0.333. The van der Waals surface area contributed by atoms with E-state index in [9.17, 15) is 36.6 Å². The molecular formula is C21H19F5N2O3. The van der Waals surface area contributed by atoms with Crippen molar-refractivity contribution in [3.05, 3.63) is 70.8 Å². The Labute approximate surface area is 174 Å². The molecule has 3 rings (SSSR count). The molecule has 0 aliphatic carbocycles. The van der Waals surface area contributed by atoms with Gasteiger partial charge in [-0.3, -0.25) is 9.59 Å². The standard InChI is InChI=1S/C21H19F5N2O3/c22-15-4-5-16(17(23)8-15)18(29)9-27-20(31)13-7-19(30)28(11-13)10-12-2-1-3-14(6-12)21(24,25)26/h1-6,8,13,18,29H,7,9-11H2,(H,27,31). The largest absolute Gasteiger partial charge is 0.416 e. The van der Waals surface area contributed by atoms with Crippen molar-refractivity contribution >= 4 is 11.8 Å². The van der Waals surface area contributed by atoms with Crippen molar-refractivity contribution in [2.75, 3.05) is 13.1 Å². The van der Waals surface area contributed by atoms with Crippen molar-refractivity contribution in [2.45, 2.75) is 25.2 Å². The second-order valence-corrected chi connectivity index (χ2v) is 7.30. The lowest BCUT2D eigenvalue weighted by Crippen LogP contribution is -2.35. The summed E-state index contributed by atoms with van der Waals surface area (Å²) in [5.41, 5.74) is -0.727. The maximum Gasteiger partial charge on any atom is 0.416 e. The molecule has 1 aliphatic heterocycles. The summed E-state index contributed by atoms with van der Waals surface area (Å²) in [6.45, 7) is -0.419. The number of carbonyl (C=O) groups excluding carboxylic acids is 2. The number of rotatable bonds is 6. The van der Waals surface area contributed by atoms with E-state index in [0.717, 1.165) is 24.3 Å². The fourth-order valence-electron chi connectivity index (χ4n) is 3.39. The maximum atomic E-state index is 13.7. The van der Waals surface area contributed by atoms with Gasteiger partial charge in [-0.05, 0) is 23.8 Å². The number of amides is 2. The molecule has 0 spiro atoms. The first-order valence-electron chi connectivity index (χ1n) is 9.39. The molecule has 1 aliphatic rings. The summed E-state index contributed by atoms with van der Waals surface area (Å²) in [7, 11) is 0. The van der Waals surface area contributed by atoms with Crippen LogP contribution in [0.15, 0.2) is 42.5 Å². The highest BCUT2D eigenvalue weighted by molar-refractivity contribution is 5.89. The molecule has 2 amide bonds. The van der Waals surface area contributed by atoms with Crippen LogP contribution in [0.4, 0.5) is 22.0 Å². The van der Waals surface area contributed by atoms with Crippen molar-refractivity contribution in [3.8, 4) is 0 Å². The molecule has 0 bridgehead atoms. The van der Waals surface area contributed by atoms with E-state index in [-0.39, 0.29) is 43.1 Å². The molecule has 5 nitrogen and oxygen atoms in total. The van der Waals surface area contributed by atoms with Crippen LogP contribution in [0, 0.1) is 17.6 Å². The first-order valence-corrected chi connectivity index (χ1v) is 9.39. The van der Waals surface area contributed by atoms with Gasteiger partial charge >= 0.3 is 6.18 Å². The highest BCUT2D eigenvalue weighted by atomic mass is 19.4. The molecule has 2 unspecified atom stereocenters. The summed E-state index contributed by atoms with van der Waals surface area (Å²) < 4.78 is 65.2. The van der Waals surface area contributed by atoms with E-state index in [1.807, 2.05) is 0 Å². The summed E-state index contributed by atoms with van der Waals surface area (Å²) in [5.74, 6) is -3.46. The molecule has 1 saturated heterocycles. The van der Waals surface area contributed by atoms with E-state index >= 15 is 0 Å². The Morgan fingerprint density at radius 1 is 1.19 bits per heavy atom. The number of hydrogen-bond acceptors (Lipinski definition) is 3. The highest BCUT2D eigenvalue weighted by Gasteiger charge is 2.35. The number of likely N-dealkylation sites (tertiary alicyclic amines) is 1. The van der Waals surface area contributed by atoms with Gasteiger partial charge in [0.05, 0.1) is 17.6 Å². The van der Waals surface area contributed by atoms with Crippen LogP contribution in [-0.4, -0.2) is 34.9 Å². The monoisotopic (exact) mass is 442 g/mol. The zero-order chi connectivity index (χ0) is 22.8. The fourth-order valence-corrected chi connectivity index (χ4v) is 3.39. The quantitative estimate of drug-likeness (QED) is 0.676. The van der Waals surface area contributed by atoms with Gasteiger partial charge in [0, 0.05) is 37.7 Å². The van der Waals surface area contributed by atoms with E-state index in [4.69, 9.17) is 0 Å². The zero-order valence-electron chi connectivity index (χ0n) is 16.1. The molecule has 2 aromatic rings. The second kappa shape index (κ2) is 9.01. The number of carbonyl (C=O) groups is 2. The summed E-state index contributed by atoms with van der Waals surface area (Å²) in [5, 5.41) is 12.4.